The fourth-order valence-corrected chi connectivity index (χ4v) is 1.88. The molecule has 0 fully saturated rings. The lowest BCUT2D eigenvalue weighted by Gasteiger charge is -2.09. The number of benzene rings is 2. The molecule has 0 atom stereocenters. The second kappa shape index (κ2) is 8.38. The van der Waals surface area contributed by atoms with Gasteiger partial charge in [0.05, 0.1) is 0 Å². The van der Waals surface area contributed by atoms with Crippen molar-refractivity contribution in [1.29, 1.82) is 0 Å². The lowest BCUT2D eigenvalue weighted by molar-refractivity contribution is -0.142. The molecule has 0 saturated carbocycles. The van der Waals surface area contributed by atoms with Crippen LogP contribution >= 0.6 is 0 Å². The fraction of sp³-hybridized carbons (Fsp3) is 0.111. The van der Waals surface area contributed by atoms with Crippen molar-refractivity contribution >= 4 is 23.4 Å². The average molecular weight is 324 g/mol. The van der Waals surface area contributed by atoms with Gasteiger partial charge in [0.1, 0.15) is 11.4 Å². The molecule has 122 valence electrons. The molecular weight excluding hydrogens is 308 g/mol. The Morgan fingerprint density at radius 1 is 0.667 bits per heavy atom. The number of hydrogen-bond acceptors (Lipinski definition) is 6. The van der Waals surface area contributed by atoms with Crippen molar-refractivity contribution in [2.45, 2.75) is 13.8 Å². The van der Waals surface area contributed by atoms with Gasteiger partial charge in [-0.05, 0) is 0 Å². The quantitative estimate of drug-likeness (QED) is 0.481. The third-order valence-electron chi connectivity index (χ3n) is 2.85. The molecule has 0 spiro atoms. The SMILES string of the molecule is CC(=O)ON=C(C(=NOC(C)=O)c1ccccc1)c1ccccc1. The fourth-order valence-electron chi connectivity index (χ4n) is 1.88. The van der Waals surface area contributed by atoms with E-state index in [4.69, 9.17) is 9.68 Å². The molecule has 0 radical (unpaired) electrons. The van der Waals surface area contributed by atoms with Crippen molar-refractivity contribution in [3.63, 3.8) is 0 Å². The predicted molar refractivity (Wildman–Crippen MR) is 89.5 cm³/mol. The number of hydrogen-bond donors (Lipinski definition) is 0. The zero-order chi connectivity index (χ0) is 17.4. The van der Waals surface area contributed by atoms with E-state index in [0.717, 1.165) is 0 Å². The molecule has 0 saturated heterocycles. The number of carbonyl (C=O) groups excluding carboxylic acids is 2. The van der Waals surface area contributed by atoms with E-state index in [1.54, 1.807) is 24.3 Å². The molecule has 0 aromatic heterocycles. The van der Waals surface area contributed by atoms with Crippen LogP contribution in [0.1, 0.15) is 25.0 Å². The predicted octanol–water partition coefficient (Wildman–Crippen LogP) is 2.92. The van der Waals surface area contributed by atoms with Gasteiger partial charge in [-0.2, -0.15) is 0 Å². The second-order valence-electron chi connectivity index (χ2n) is 4.78. The normalized spacial score (nSPS) is 11.8. The van der Waals surface area contributed by atoms with Gasteiger partial charge in [0.2, 0.25) is 0 Å². The largest absolute Gasteiger partial charge is 0.332 e. The summed E-state index contributed by atoms with van der Waals surface area (Å²) in [7, 11) is 0. The third-order valence-corrected chi connectivity index (χ3v) is 2.85. The monoisotopic (exact) mass is 324 g/mol. The maximum absolute atomic E-state index is 11.2. The Kier molecular flexibility index (Phi) is 5.96. The summed E-state index contributed by atoms with van der Waals surface area (Å²) >= 11 is 0. The minimum absolute atomic E-state index is 0.276. The maximum atomic E-state index is 11.2. The highest BCUT2D eigenvalue weighted by atomic mass is 16.7. The molecule has 0 N–H and O–H groups in total. The van der Waals surface area contributed by atoms with Gasteiger partial charge in [-0.25, -0.2) is 9.59 Å². The van der Waals surface area contributed by atoms with E-state index in [1.807, 2.05) is 36.4 Å². The number of carbonyl (C=O) groups is 2. The summed E-state index contributed by atoms with van der Waals surface area (Å²) < 4.78 is 0. The Morgan fingerprint density at radius 3 is 1.29 bits per heavy atom. The molecular formula is C18H16N2O4. The van der Waals surface area contributed by atoms with Gasteiger partial charge in [-0.15, -0.1) is 0 Å². The summed E-state index contributed by atoms with van der Waals surface area (Å²) in [5.74, 6) is -1.13. The first-order valence-corrected chi connectivity index (χ1v) is 7.20. The number of rotatable bonds is 5. The zero-order valence-corrected chi connectivity index (χ0v) is 13.3. The van der Waals surface area contributed by atoms with Crippen LogP contribution < -0.4 is 0 Å². The van der Waals surface area contributed by atoms with Crippen molar-refractivity contribution in [2.75, 3.05) is 0 Å². The molecule has 0 aliphatic heterocycles. The molecule has 0 bridgehead atoms. The number of oxime groups is 2. The van der Waals surface area contributed by atoms with Crippen molar-refractivity contribution in [2.24, 2.45) is 10.3 Å². The molecule has 0 aliphatic rings. The molecule has 2 aromatic rings. The molecule has 2 aromatic carbocycles. The van der Waals surface area contributed by atoms with Gasteiger partial charge in [0.25, 0.3) is 0 Å². The van der Waals surface area contributed by atoms with Crippen molar-refractivity contribution in [1.82, 2.24) is 0 Å². The second-order valence-corrected chi connectivity index (χ2v) is 4.78. The van der Waals surface area contributed by atoms with Crippen LogP contribution in [0.3, 0.4) is 0 Å². The van der Waals surface area contributed by atoms with Gasteiger partial charge >= 0.3 is 11.9 Å². The molecule has 6 nitrogen and oxygen atoms in total. The Labute approximate surface area is 139 Å². The Bertz CT molecular complexity index is 701. The van der Waals surface area contributed by atoms with Crippen LogP contribution in [0.4, 0.5) is 0 Å². The smallest absolute Gasteiger partial charge is 0.318 e. The van der Waals surface area contributed by atoms with E-state index in [1.165, 1.54) is 13.8 Å². The molecule has 0 amide bonds. The summed E-state index contributed by atoms with van der Waals surface area (Å²) in [6.45, 7) is 2.50. The van der Waals surface area contributed by atoms with E-state index in [9.17, 15) is 9.59 Å². The molecule has 0 unspecified atom stereocenters. The third kappa shape index (κ3) is 4.88. The van der Waals surface area contributed by atoms with Gasteiger partial charge in [0, 0.05) is 25.0 Å². The first kappa shape index (κ1) is 17.1. The summed E-state index contributed by atoms with van der Waals surface area (Å²) in [5.41, 5.74) is 1.87. The van der Waals surface area contributed by atoms with Crippen molar-refractivity contribution < 1.29 is 19.3 Å². The summed E-state index contributed by atoms with van der Waals surface area (Å²) in [6, 6.07) is 18.1. The minimum Gasteiger partial charge on any atom is -0.318 e. The Balaban J connectivity index is 2.56. The van der Waals surface area contributed by atoms with Crippen LogP contribution in [-0.4, -0.2) is 23.4 Å². The van der Waals surface area contributed by atoms with Crippen molar-refractivity contribution in [3.05, 3.63) is 71.8 Å². The van der Waals surface area contributed by atoms with Gasteiger partial charge < -0.3 is 9.68 Å². The van der Waals surface area contributed by atoms with E-state index in [2.05, 4.69) is 10.3 Å². The number of nitrogens with zero attached hydrogens (tertiary/aromatic N) is 2. The van der Waals surface area contributed by atoms with Crippen LogP contribution in [0.15, 0.2) is 71.0 Å². The highest BCUT2D eigenvalue weighted by molar-refractivity contribution is 6.53. The van der Waals surface area contributed by atoms with Crippen molar-refractivity contribution in [3.8, 4) is 0 Å². The maximum Gasteiger partial charge on any atom is 0.332 e. The molecule has 0 aliphatic carbocycles. The van der Waals surface area contributed by atoms with E-state index in [0.29, 0.717) is 11.1 Å². The summed E-state index contributed by atoms with van der Waals surface area (Å²) in [6.07, 6.45) is 0. The molecule has 2 rings (SSSR count). The topological polar surface area (TPSA) is 77.3 Å². The Hall–Kier alpha value is -3.28. The minimum atomic E-state index is -0.566. The zero-order valence-electron chi connectivity index (χ0n) is 13.3. The average Bonchev–Trinajstić information content (AvgIpc) is 2.59. The van der Waals surface area contributed by atoms with Crippen LogP contribution in [0, 0.1) is 0 Å². The Morgan fingerprint density at radius 2 is 1.00 bits per heavy atom. The van der Waals surface area contributed by atoms with E-state index < -0.39 is 11.9 Å². The summed E-state index contributed by atoms with van der Waals surface area (Å²) in [4.78, 5) is 31.9. The first-order chi connectivity index (χ1) is 11.6. The van der Waals surface area contributed by atoms with Crippen LogP contribution in [0.2, 0.25) is 0 Å². The van der Waals surface area contributed by atoms with Crippen LogP contribution in [-0.2, 0) is 19.3 Å². The molecule has 24 heavy (non-hydrogen) atoms. The molecule has 6 heteroatoms. The van der Waals surface area contributed by atoms with Crippen LogP contribution in [0.25, 0.3) is 0 Å². The van der Waals surface area contributed by atoms with Gasteiger partial charge in [-0.1, -0.05) is 71.0 Å². The highest BCUT2D eigenvalue weighted by Gasteiger charge is 2.17. The standard InChI is InChI=1S/C18H16N2O4/c1-13(21)23-19-17(15-9-5-3-6-10-15)18(20-24-14(2)22)16-11-7-4-8-12-16/h3-12H,1-2H3. The lowest BCUT2D eigenvalue weighted by Crippen LogP contribution is -2.19. The van der Waals surface area contributed by atoms with E-state index in [-0.39, 0.29) is 11.4 Å². The van der Waals surface area contributed by atoms with Gasteiger partial charge in [-0.3, -0.25) is 0 Å². The van der Waals surface area contributed by atoms with E-state index >= 15 is 0 Å². The molecule has 0 heterocycles. The highest BCUT2D eigenvalue weighted by Crippen LogP contribution is 2.11. The van der Waals surface area contributed by atoms with Crippen LogP contribution in [0.5, 0.6) is 0 Å². The summed E-state index contributed by atoms with van der Waals surface area (Å²) in [5, 5.41) is 7.79. The first-order valence-electron chi connectivity index (χ1n) is 7.20. The van der Waals surface area contributed by atoms with Gasteiger partial charge in [0.15, 0.2) is 0 Å². The lowest BCUT2D eigenvalue weighted by atomic mass is 10.00.